The molecule has 1 N–H and O–H groups in total. The standard InChI is InChI=1S/C23H27ClN2O3/c1-16(2)25-22(27)18-8-10-21(11-9-18)29-15-17-5-4-12-26(14-17)23(28)19-6-3-7-20(24)13-19/h3,6-11,13,16-17H,4-5,12,14-15H2,1-2H3,(H,25,27). The number of hydrogen-bond acceptors (Lipinski definition) is 3. The third kappa shape index (κ3) is 5.97. The maximum Gasteiger partial charge on any atom is 0.253 e. The lowest BCUT2D eigenvalue weighted by Crippen LogP contribution is -2.41. The van der Waals surface area contributed by atoms with E-state index in [-0.39, 0.29) is 23.8 Å². The predicted octanol–water partition coefficient (Wildman–Crippen LogP) is 4.41. The van der Waals surface area contributed by atoms with Crippen molar-refractivity contribution in [3.05, 3.63) is 64.7 Å². The molecule has 29 heavy (non-hydrogen) atoms. The molecular formula is C23H27ClN2O3. The molecule has 0 spiro atoms. The molecule has 1 unspecified atom stereocenters. The molecule has 6 heteroatoms. The number of nitrogens with one attached hydrogen (secondary N) is 1. The third-order valence-corrected chi connectivity index (χ3v) is 5.13. The van der Waals surface area contributed by atoms with Crippen LogP contribution in [0, 0.1) is 5.92 Å². The van der Waals surface area contributed by atoms with Gasteiger partial charge in [-0.15, -0.1) is 0 Å². The summed E-state index contributed by atoms with van der Waals surface area (Å²) in [7, 11) is 0. The first kappa shape index (κ1) is 21.2. The largest absolute Gasteiger partial charge is 0.493 e. The molecule has 0 radical (unpaired) electrons. The number of carbonyl (C=O) groups is 2. The molecule has 2 amide bonds. The first-order valence-corrected chi connectivity index (χ1v) is 10.4. The van der Waals surface area contributed by atoms with E-state index in [2.05, 4.69) is 5.32 Å². The Labute approximate surface area is 177 Å². The normalized spacial score (nSPS) is 16.6. The summed E-state index contributed by atoms with van der Waals surface area (Å²) >= 11 is 6.01. The van der Waals surface area contributed by atoms with Gasteiger partial charge in [-0.2, -0.15) is 0 Å². The Morgan fingerprint density at radius 3 is 2.62 bits per heavy atom. The van der Waals surface area contributed by atoms with E-state index < -0.39 is 0 Å². The summed E-state index contributed by atoms with van der Waals surface area (Å²) in [6, 6.07) is 14.3. The lowest BCUT2D eigenvalue weighted by Gasteiger charge is -2.32. The second-order valence-corrected chi connectivity index (χ2v) is 8.17. The Hall–Kier alpha value is -2.53. The van der Waals surface area contributed by atoms with E-state index >= 15 is 0 Å². The van der Waals surface area contributed by atoms with Gasteiger partial charge in [0.05, 0.1) is 6.61 Å². The highest BCUT2D eigenvalue weighted by atomic mass is 35.5. The van der Waals surface area contributed by atoms with Gasteiger partial charge < -0.3 is 15.0 Å². The van der Waals surface area contributed by atoms with Crippen molar-refractivity contribution in [1.82, 2.24) is 10.2 Å². The van der Waals surface area contributed by atoms with E-state index in [0.717, 1.165) is 25.1 Å². The van der Waals surface area contributed by atoms with E-state index in [0.29, 0.717) is 29.3 Å². The zero-order chi connectivity index (χ0) is 20.8. The number of nitrogens with zero attached hydrogens (tertiary/aromatic N) is 1. The van der Waals surface area contributed by atoms with Gasteiger partial charge >= 0.3 is 0 Å². The second kappa shape index (κ2) is 9.79. The second-order valence-electron chi connectivity index (χ2n) is 7.73. The number of halogens is 1. The minimum Gasteiger partial charge on any atom is -0.493 e. The van der Waals surface area contributed by atoms with Crippen molar-refractivity contribution in [2.75, 3.05) is 19.7 Å². The van der Waals surface area contributed by atoms with Crippen LogP contribution < -0.4 is 10.1 Å². The molecule has 0 bridgehead atoms. The van der Waals surface area contributed by atoms with E-state index in [1.807, 2.05) is 30.9 Å². The van der Waals surface area contributed by atoms with Crippen LogP contribution in [0.3, 0.4) is 0 Å². The van der Waals surface area contributed by atoms with Crippen molar-refractivity contribution in [3.63, 3.8) is 0 Å². The molecule has 1 saturated heterocycles. The van der Waals surface area contributed by atoms with Crippen LogP contribution in [0.25, 0.3) is 0 Å². The van der Waals surface area contributed by atoms with Crippen LogP contribution in [-0.2, 0) is 0 Å². The van der Waals surface area contributed by atoms with E-state index in [4.69, 9.17) is 16.3 Å². The number of carbonyl (C=O) groups excluding carboxylic acids is 2. The Bertz CT molecular complexity index is 851. The molecule has 0 aliphatic carbocycles. The van der Waals surface area contributed by atoms with Crippen LogP contribution >= 0.6 is 11.6 Å². The molecule has 1 heterocycles. The van der Waals surface area contributed by atoms with Crippen LogP contribution in [0.15, 0.2) is 48.5 Å². The topological polar surface area (TPSA) is 58.6 Å². The fourth-order valence-corrected chi connectivity index (χ4v) is 3.64. The van der Waals surface area contributed by atoms with Crippen molar-refractivity contribution in [3.8, 4) is 5.75 Å². The maximum absolute atomic E-state index is 12.7. The smallest absolute Gasteiger partial charge is 0.253 e. The van der Waals surface area contributed by atoms with E-state index in [1.165, 1.54) is 0 Å². The molecule has 2 aromatic rings. The van der Waals surface area contributed by atoms with Crippen molar-refractivity contribution in [2.24, 2.45) is 5.92 Å². The molecule has 1 atom stereocenters. The first-order chi connectivity index (χ1) is 13.9. The van der Waals surface area contributed by atoms with Gasteiger partial charge in [0.2, 0.25) is 0 Å². The number of amides is 2. The van der Waals surface area contributed by atoms with Crippen LogP contribution in [0.4, 0.5) is 0 Å². The van der Waals surface area contributed by atoms with Crippen LogP contribution in [0.5, 0.6) is 5.75 Å². The fourth-order valence-electron chi connectivity index (χ4n) is 3.45. The average Bonchev–Trinajstić information content (AvgIpc) is 2.72. The highest BCUT2D eigenvalue weighted by Gasteiger charge is 2.25. The van der Waals surface area contributed by atoms with Gasteiger partial charge in [0.15, 0.2) is 0 Å². The maximum atomic E-state index is 12.7. The molecule has 1 fully saturated rings. The average molecular weight is 415 g/mol. The highest BCUT2D eigenvalue weighted by molar-refractivity contribution is 6.30. The Balaban J connectivity index is 1.53. The van der Waals surface area contributed by atoms with Crippen molar-refractivity contribution < 1.29 is 14.3 Å². The summed E-state index contributed by atoms with van der Waals surface area (Å²) in [4.78, 5) is 26.6. The van der Waals surface area contributed by atoms with Gasteiger partial charge in [0.1, 0.15) is 5.75 Å². The summed E-state index contributed by atoms with van der Waals surface area (Å²) in [5.41, 5.74) is 1.23. The van der Waals surface area contributed by atoms with Gasteiger partial charge in [-0.3, -0.25) is 9.59 Å². The molecule has 0 aromatic heterocycles. The Morgan fingerprint density at radius 1 is 1.17 bits per heavy atom. The lowest BCUT2D eigenvalue weighted by molar-refractivity contribution is 0.0633. The van der Waals surface area contributed by atoms with Gasteiger partial charge in [-0.1, -0.05) is 17.7 Å². The van der Waals surface area contributed by atoms with Crippen molar-refractivity contribution in [2.45, 2.75) is 32.7 Å². The predicted molar refractivity (Wildman–Crippen MR) is 115 cm³/mol. The zero-order valence-electron chi connectivity index (χ0n) is 16.9. The molecule has 1 aliphatic rings. The number of piperidine rings is 1. The van der Waals surface area contributed by atoms with E-state index in [9.17, 15) is 9.59 Å². The quantitative estimate of drug-likeness (QED) is 0.761. The van der Waals surface area contributed by atoms with Crippen LogP contribution in [0.2, 0.25) is 5.02 Å². The SMILES string of the molecule is CC(C)NC(=O)c1ccc(OCC2CCCN(C(=O)c3cccc(Cl)c3)C2)cc1. The number of ether oxygens (including phenoxy) is 1. The summed E-state index contributed by atoms with van der Waals surface area (Å²) in [6.07, 6.45) is 1.98. The number of rotatable bonds is 6. The van der Waals surface area contributed by atoms with Crippen molar-refractivity contribution in [1.29, 1.82) is 0 Å². The summed E-state index contributed by atoms with van der Waals surface area (Å²) < 4.78 is 5.92. The summed E-state index contributed by atoms with van der Waals surface area (Å²) in [5, 5.41) is 3.44. The van der Waals surface area contributed by atoms with Crippen LogP contribution in [0.1, 0.15) is 47.4 Å². The lowest BCUT2D eigenvalue weighted by atomic mass is 9.98. The molecule has 154 valence electrons. The third-order valence-electron chi connectivity index (χ3n) is 4.90. The monoisotopic (exact) mass is 414 g/mol. The minimum absolute atomic E-state index is 0.0118. The van der Waals surface area contributed by atoms with E-state index in [1.54, 1.807) is 36.4 Å². The molecular weight excluding hydrogens is 388 g/mol. The summed E-state index contributed by atoms with van der Waals surface area (Å²) in [5.74, 6) is 0.923. The van der Waals surface area contributed by atoms with Crippen LogP contribution in [-0.4, -0.2) is 42.5 Å². The molecule has 5 nitrogen and oxygen atoms in total. The Kier molecular flexibility index (Phi) is 7.15. The van der Waals surface area contributed by atoms with Gasteiger partial charge in [0.25, 0.3) is 11.8 Å². The minimum atomic E-state index is -0.0889. The first-order valence-electron chi connectivity index (χ1n) is 10.0. The zero-order valence-corrected chi connectivity index (χ0v) is 17.6. The Morgan fingerprint density at radius 2 is 1.93 bits per heavy atom. The molecule has 3 rings (SSSR count). The number of likely N-dealkylation sites (tertiary alicyclic amines) is 1. The number of hydrogen-bond donors (Lipinski definition) is 1. The molecule has 1 aliphatic heterocycles. The van der Waals surface area contributed by atoms with Crippen molar-refractivity contribution >= 4 is 23.4 Å². The molecule has 2 aromatic carbocycles. The van der Waals surface area contributed by atoms with Gasteiger partial charge in [-0.05, 0) is 69.2 Å². The fraction of sp³-hybridized carbons (Fsp3) is 0.391. The molecule has 0 saturated carbocycles. The highest BCUT2D eigenvalue weighted by Crippen LogP contribution is 2.22. The van der Waals surface area contributed by atoms with Gasteiger partial charge in [-0.25, -0.2) is 0 Å². The number of benzene rings is 2. The summed E-state index contributed by atoms with van der Waals surface area (Å²) in [6.45, 7) is 5.82. The van der Waals surface area contributed by atoms with Gasteiger partial charge in [0, 0.05) is 41.2 Å².